The van der Waals surface area contributed by atoms with Crippen LogP contribution in [-0.2, 0) is 6.54 Å². The predicted molar refractivity (Wildman–Crippen MR) is 100 cm³/mol. The molecule has 0 fully saturated rings. The number of hydrogen-bond donors (Lipinski definition) is 0. The van der Waals surface area contributed by atoms with E-state index in [1.165, 1.54) is 0 Å². The van der Waals surface area contributed by atoms with Crippen LogP contribution in [0, 0.1) is 6.92 Å². The van der Waals surface area contributed by atoms with Crippen molar-refractivity contribution in [2.24, 2.45) is 0 Å². The fraction of sp³-hybridized carbons (Fsp3) is 0.250. The first-order valence-electron chi connectivity index (χ1n) is 8.41. The molecule has 0 spiro atoms. The average Bonchev–Trinajstić information content (AvgIpc) is 3.10. The van der Waals surface area contributed by atoms with Gasteiger partial charge in [0.2, 0.25) is 0 Å². The lowest BCUT2D eigenvalue weighted by atomic mass is 10.0. The number of carbonyl (C=O) groups is 1. The summed E-state index contributed by atoms with van der Waals surface area (Å²) in [5, 5.41) is 0. The van der Waals surface area contributed by atoms with E-state index in [1.807, 2.05) is 55.1 Å². The van der Waals surface area contributed by atoms with E-state index in [2.05, 4.69) is 9.97 Å². The van der Waals surface area contributed by atoms with Crippen LogP contribution in [-0.4, -0.2) is 46.0 Å². The minimum absolute atomic E-state index is 0.0135. The van der Waals surface area contributed by atoms with E-state index < -0.39 is 0 Å². The Balaban J connectivity index is 1.74. The van der Waals surface area contributed by atoms with E-state index in [9.17, 15) is 4.79 Å². The van der Waals surface area contributed by atoms with Crippen molar-refractivity contribution < 1.29 is 9.53 Å². The first-order valence-corrected chi connectivity index (χ1v) is 8.41. The molecule has 0 atom stereocenters. The molecule has 6 heteroatoms. The summed E-state index contributed by atoms with van der Waals surface area (Å²) in [6.07, 6.45) is 7.11. The predicted octanol–water partition coefficient (Wildman–Crippen LogP) is 3.03. The Morgan fingerprint density at radius 2 is 2.08 bits per heavy atom. The molecule has 3 rings (SSSR count). The number of nitrogens with zero attached hydrogens (tertiary/aromatic N) is 4. The third-order valence-electron chi connectivity index (χ3n) is 4.34. The molecule has 0 saturated carbocycles. The number of hydrogen-bond acceptors (Lipinski definition) is 4. The average molecular weight is 350 g/mol. The molecule has 0 aliphatic rings. The van der Waals surface area contributed by atoms with Crippen LogP contribution >= 0.6 is 0 Å². The third-order valence-corrected chi connectivity index (χ3v) is 4.34. The normalized spacial score (nSPS) is 10.6. The molecular formula is C20H22N4O2. The van der Waals surface area contributed by atoms with Gasteiger partial charge in [0, 0.05) is 49.9 Å². The Morgan fingerprint density at radius 1 is 1.23 bits per heavy atom. The topological polar surface area (TPSA) is 60.2 Å². The van der Waals surface area contributed by atoms with E-state index in [-0.39, 0.29) is 5.91 Å². The number of pyridine rings is 1. The van der Waals surface area contributed by atoms with Crippen molar-refractivity contribution in [3.05, 3.63) is 66.5 Å². The number of rotatable bonds is 6. The number of ether oxygens (including phenoxy) is 1. The number of imidazole rings is 1. The molecule has 0 aliphatic carbocycles. The van der Waals surface area contributed by atoms with Gasteiger partial charge in [-0.3, -0.25) is 9.78 Å². The van der Waals surface area contributed by atoms with Crippen LogP contribution in [0.5, 0.6) is 5.75 Å². The van der Waals surface area contributed by atoms with Gasteiger partial charge in [-0.1, -0.05) is 12.1 Å². The zero-order valence-corrected chi connectivity index (χ0v) is 15.2. The first-order chi connectivity index (χ1) is 12.6. The molecule has 6 nitrogen and oxygen atoms in total. The molecular weight excluding hydrogens is 328 g/mol. The second-order valence-electron chi connectivity index (χ2n) is 6.09. The SMILES string of the molecule is COc1cncc(-c2cccc(C(=O)N(C)CCn3ccnc3C)c2)c1. The molecule has 0 N–H and O–H groups in total. The van der Waals surface area contributed by atoms with Crippen LogP contribution in [0.1, 0.15) is 16.2 Å². The molecule has 26 heavy (non-hydrogen) atoms. The van der Waals surface area contributed by atoms with E-state index in [1.54, 1.807) is 30.6 Å². The summed E-state index contributed by atoms with van der Waals surface area (Å²) >= 11 is 0. The Hall–Kier alpha value is -3.15. The van der Waals surface area contributed by atoms with Crippen LogP contribution in [0.25, 0.3) is 11.1 Å². The lowest BCUT2D eigenvalue weighted by molar-refractivity contribution is 0.0790. The molecule has 0 radical (unpaired) electrons. The number of likely N-dealkylation sites (N-methyl/N-ethyl adjacent to an activating group) is 1. The molecule has 1 amide bonds. The maximum absolute atomic E-state index is 12.8. The van der Waals surface area contributed by atoms with Gasteiger partial charge in [-0.15, -0.1) is 0 Å². The second-order valence-corrected chi connectivity index (χ2v) is 6.09. The monoisotopic (exact) mass is 350 g/mol. The molecule has 0 bridgehead atoms. The molecule has 0 saturated heterocycles. The number of methoxy groups -OCH3 is 1. The van der Waals surface area contributed by atoms with Gasteiger partial charge in [0.1, 0.15) is 11.6 Å². The van der Waals surface area contributed by atoms with Crippen LogP contribution in [0.2, 0.25) is 0 Å². The molecule has 0 unspecified atom stereocenters. The van der Waals surface area contributed by atoms with E-state index >= 15 is 0 Å². The number of amides is 1. The highest BCUT2D eigenvalue weighted by molar-refractivity contribution is 5.95. The quantitative estimate of drug-likeness (QED) is 0.686. The van der Waals surface area contributed by atoms with Gasteiger partial charge in [-0.25, -0.2) is 4.98 Å². The Morgan fingerprint density at radius 3 is 2.81 bits per heavy atom. The van der Waals surface area contributed by atoms with Gasteiger partial charge < -0.3 is 14.2 Å². The van der Waals surface area contributed by atoms with Crippen molar-refractivity contribution in [1.29, 1.82) is 0 Å². The van der Waals surface area contributed by atoms with Crippen molar-refractivity contribution in [3.63, 3.8) is 0 Å². The van der Waals surface area contributed by atoms with E-state index in [0.29, 0.717) is 24.4 Å². The van der Waals surface area contributed by atoms with Crippen LogP contribution < -0.4 is 4.74 Å². The molecule has 3 aromatic rings. The lowest BCUT2D eigenvalue weighted by Crippen LogP contribution is -2.30. The summed E-state index contributed by atoms with van der Waals surface area (Å²) < 4.78 is 7.25. The van der Waals surface area contributed by atoms with Crippen molar-refractivity contribution in [2.75, 3.05) is 20.7 Å². The summed E-state index contributed by atoms with van der Waals surface area (Å²) in [6, 6.07) is 9.47. The van der Waals surface area contributed by atoms with Crippen LogP contribution in [0.4, 0.5) is 0 Å². The lowest BCUT2D eigenvalue weighted by Gasteiger charge is -2.18. The van der Waals surface area contributed by atoms with Gasteiger partial charge >= 0.3 is 0 Å². The van der Waals surface area contributed by atoms with Crippen LogP contribution in [0.3, 0.4) is 0 Å². The zero-order chi connectivity index (χ0) is 18.5. The van der Waals surface area contributed by atoms with Gasteiger partial charge in [0.15, 0.2) is 0 Å². The number of aromatic nitrogens is 3. The van der Waals surface area contributed by atoms with E-state index in [0.717, 1.165) is 17.0 Å². The fourth-order valence-electron chi connectivity index (χ4n) is 2.74. The molecule has 2 heterocycles. The molecule has 2 aromatic heterocycles. The van der Waals surface area contributed by atoms with Gasteiger partial charge in [-0.05, 0) is 30.7 Å². The summed E-state index contributed by atoms with van der Waals surface area (Å²) in [6.45, 7) is 3.28. The smallest absolute Gasteiger partial charge is 0.253 e. The minimum Gasteiger partial charge on any atom is -0.495 e. The minimum atomic E-state index is -0.0135. The number of benzene rings is 1. The van der Waals surface area contributed by atoms with Crippen molar-refractivity contribution in [3.8, 4) is 16.9 Å². The van der Waals surface area contributed by atoms with E-state index in [4.69, 9.17) is 4.74 Å². The Kier molecular flexibility index (Phi) is 5.31. The van der Waals surface area contributed by atoms with Crippen molar-refractivity contribution in [2.45, 2.75) is 13.5 Å². The maximum atomic E-state index is 12.8. The number of carbonyl (C=O) groups excluding carboxylic acids is 1. The van der Waals surface area contributed by atoms with Crippen molar-refractivity contribution in [1.82, 2.24) is 19.4 Å². The number of aryl methyl sites for hydroxylation is 1. The summed E-state index contributed by atoms with van der Waals surface area (Å²) in [5.41, 5.74) is 2.49. The Labute approximate surface area is 153 Å². The van der Waals surface area contributed by atoms with Gasteiger partial charge in [-0.2, -0.15) is 0 Å². The third kappa shape index (κ3) is 3.91. The largest absolute Gasteiger partial charge is 0.495 e. The Bertz CT molecular complexity index is 904. The van der Waals surface area contributed by atoms with Crippen molar-refractivity contribution >= 4 is 5.91 Å². The fourth-order valence-corrected chi connectivity index (χ4v) is 2.74. The molecule has 1 aromatic carbocycles. The maximum Gasteiger partial charge on any atom is 0.253 e. The van der Waals surface area contributed by atoms with Gasteiger partial charge in [0.25, 0.3) is 5.91 Å². The molecule has 134 valence electrons. The summed E-state index contributed by atoms with van der Waals surface area (Å²) in [7, 11) is 3.42. The highest BCUT2D eigenvalue weighted by Crippen LogP contribution is 2.23. The molecule has 0 aliphatic heterocycles. The highest BCUT2D eigenvalue weighted by Gasteiger charge is 2.13. The van der Waals surface area contributed by atoms with Crippen LogP contribution in [0.15, 0.2) is 55.1 Å². The second kappa shape index (κ2) is 7.82. The standard InChI is InChI=1S/C20H22N4O2/c1-15-22-7-8-24(15)10-9-23(2)20(25)17-6-4-5-16(11-17)18-12-19(26-3)14-21-13-18/h4-8,11-14H,9-10H2,1-3H3. The summed E-state index contributed by atoms with van der Waals surface area (Å²) in [4.78, 5) is 22.9. The first kappa shape index (κ1) is 17.7. The summed E-state index contributed by atoms with van der Waals surface area (Å²) in [5.74, 6) is 1.62. The highest BCUT2D eigenvalue weighted by atomic mass is 16.5. The zero-order valence-electron chi connectivity index (χ0n) is 15.2. The van der Waals surface area contributed by atoms with Gasteiger partial charge in [0.05, 0.1) is 13.3 Å².